The van der Waals surface area contributed by atoms with E-state index in [9.17, 15) is 0 Å². The average Bonchev–Trinajstić information content (AvgIpc) is 2.27. The molecule has 0 unspecified atom stereocenters. The minimum Gasteiger partial charge on any atom is -0.381 e. The smallest absolute Gasteiger partial charge is 0.0410 e. The number of benzene rings is 1. The van der Waals surface area contributed by atoms with Gasteiger partial charge in [0.2, 0.25) is 0 Å². The summed E-state index contributed by atoms with van der Waals surface area (Å²) in [6.45, 7) is 6.69. The molecule has 2 rings (SSSR count). The Balaban J connectivity index is 2.57. The fourth-order valence-electron chi connectivity index (χ4n) is 1.82. The number of hydrogen-bond donors (Lipinski definition) is 1. The Morgan fingerprint density at radius 2 is 2.08 bits per heavy atom. The molecule has 0 amide bonds. The lowest BCUT2D eigenvalue weighted by Crippen LogP contribution is -2.29. The molecule has 0 aliphatic carbocycles. The molecule has 0 fully saturated rings. The van der Waals surface area contributed by atoms with Gasteiger partial charge in [-0.1, -0.05) is 25.4 Å². The van der Waals surface area contributed by atoms with Crippen LogP contribution in [0.5, 0.6) is 0 Å². The van der Waals surface area contributed by atoms with Crippen molar-refractivity contribution in [3.05, 3.63) is 28.8 Å². The highest BCUT2D eigenvalue weighted by Crippen LogP contribution is 2.41. The lowest BCUT2D eigenvalue weighted by Gasteiger charge is -2.23. The topological polar surface area (TPSA) is 12.0 Å². The van der Waals surface area contributed by atoms with E-state index >= 15 is 0 Å². The van der Waals surface area contributed by atoms with Crippen LogP contribution in [-0.2, 0) is 5.41 Å². The predicted octanol–water partition coefficient (Wildman–Crippen LogP) is 3.43. The van der Waals surface area contributed by atoms with Gasteiger partial charge in [-0.15, -0.1) is 0 Å². The Morgan fingerprint density at radius 1 is 1.38 bits per heavy atom. The number of hydrogen-bond acceptors (Lipinski definition) is 1. The van der Waals surface area contributed by atoms with E-state index < -0.39 is 0 Å². The van der Waals surface area contributed by atoms with Crippen molar-refractivity contribution in [3.63, 3.8) is 0 Å². The number of anilines is 1. The second-order valence-corrected chi connectivity index (χ2v) is 4.71. The second-order valence-electron chi connectivity index (χ2n) is 4.28. The summed E-state index contributed by atoms with van der Waals surface area (Å²) in [5.74, 6) is 0. The Hall–Kier alpha value is -0.690. The molecule has 0 saturated heterocycles. The normalized spacial score (nSPS) is 23.8. The van der Waals surface area contributed by atoms with Crippen molar-refractivity contribution in [3.8, 4) is 0 Å². The van der Waals surface area contributed by atoms with Gasteiger partial charge in [-0.3, -0.25) is 0 Å². The van der Waals surface area contributed by atoms with Crippen LogP contribution in [0, 0.1) is 0 Å². The van der Waals surface area contributed by atoms with Gasteiger partial charge in [0.05, 0.1) is 0 Å². The molecule has 1 N–H and O–H groups in total. The summed E-state index contributed by atoms with van der Waals surface area (Å²) in [7, 11) is 0. The van der Waals surface area contributed by atoms with Crippen LogP contribution >= 0.6 is 11.6 Å². The van der Waals surface area contributed by atoms with E-state index in [1.807, 2.05) is 6.07 Å². The van der Waals surface area contributed by atoms with Crippen molar-refractivity contribution in [1.82, 2.24) is 0 Å². The standard InChI is InChI=1S/C11H14ClN/c1-7-11(2,3)9-6-8(12)4-5-10(9)13-7/h4-7,13H,1-3H3/t7-/m0/s1. The van der Waals surface area contributed by atoms with Gasteiger partial charge in [0.25, 0.3) is 0 Å². The highest BCUT2D eigenvalue weighted by atomic mass is 35.5. The molecule has 1 aliphatic heterocycles. The van der Waals surface area contributed by atoms with Gasteiger partial charge < -0.3 is 5.32 Å². The summed E-state index contributed by atoms with van der Waals surface area (Å²) in [6.07, 6.45) is 0. The first kappa shape index (κ1) is 8.89. The third-order valence-electron chi connectivity index (χ3n) is 3.13. The summed E-state index contributed by atoms with van der Waals surface area (Å²) in [6, 6.07) is 6.53. The molecule has 1 aliphatic rings. The van der Waals surface area contributed by atoms with Crippen molar-refractivity contribution in [1.29, 1.82) is 0 Å². The molecule has 0 spiro atoms. The van der Waals surface area contributed by atoms with Gasteiger partial charge in [-0.2, -0.15) is 0 Å². The van der Waals surface area contributed by atoms with Gasteiger partial charge >= 0.3 is 0 Å². The van der Waals surface area contributed by atoms with Gasteiger partial charge in [0.15, 0.2) is 0 Å². The Labute approximate surface area is 84.1 Å². The van der Waals surface area contributed by atoms with Crippen molar-refractivity contribution in [2.45, 2.75) is 32.2 Å². The van der Waals surface area contributed by atoms with Gasteiger partial charge in [0, 0.05) is 22.2 Å². The van der Waals surface area contributed by atoms with Crippen molar-refractivity contribution < 1.29 is 0 Å². The molecule has 13 heavy (non-hydrogen) atoms. The first-order chi connectivity index (χ1) is 6.01. The zero-order valence-electron chi connectivity index (χ0n) is 8.19. The SMILES string of the molecule is C[C@@H]1Nc2ccc(Cl)cc2C1(C)C. The maximum Gasteiger partial charge on any atom is 0.0410 e. The quantitative estimate of drug-likeness (QED) is 0.669. The first-order valence-electron chi connectivity index (χ1n) is 4.58. The van der Waals surface area contributed by atoms with E-state index in [4.69, 9.17) is 11.6 Å². The highest BCUT2D eigenvalue weighted by Gasteiger charge is 2.36. The monoisotopic (exact) mass is 195 g/mol. The zero-order valence-corrected chi connectivity index (χ0v) is 8.94. The number of nitrogens with one attached hydrogen (secondary N) is 1. The molecule has 1 aromatic carbocycles. The van der Waals surface area contributed by atoms with Crippen molar-refractivity contribution >= 4 is 17.3 Å². The van der Waals surface area contributed by atoms with Crippen LogP contribution < -0.4 is 5.32 Å². The third kappa shape index (κ3) is 1.22. The first-order valence-corrected chi connectivity index (χ1v) is 4.96. The van der Waals surface area contributed by atoms with E-state index in [1.54, 1.807) is 0 Å². The van der Waals surface area contributed by atoms with E-state index in [1.165, 1.54) is 11.3 Å². The van der Waals surface area contributed by atoms with Gasteiger partial charge in [-0.25, -0.2) is 0 Å². The molecule has 70 valence electrons. The summed E-state index contributed by atoms with van der Waals surface area (Å²) in [5.41, 5.74) is 2.73. The molecule has 2 heteroatoms. The van der Waals surface area contributed by atoms with E-state index in [0.29, 0.717) is 6.04 Å². The van der Waals surface area contributed by atoms with Crippen LogP contribution in [0.2, 0.25) is 5.02 Å². The molecule has 1 heterocycles. The van der Waals surface area contributed by atoms with E-state index in [0.717, 1.165) is 5.02 Å². The summed E-state index contributed by atoms with van der Waals surface area (Å²) >= 11 is 5.97. The molecular weight excluding hydrogens is 182 g/mol. The van der Waals surface area contributed by atoms with E-state index in [-0.39, 0.29) is 5.41 Å². The maximum absolute atomic E-state index is 5.97. The van der Waals surface area contributed by atoms with Gasteiger partial charge in [0.1, 0.15) is 0 Å². The van der Waals surface area contributed by atoms with Crippen LogP contribution in [0.25, 0.3) is 0 Å². The van der Waals surface area contributed by atoms with Crippen LogP contribution in [0.15, 0.2) is 18.2 Å². The number of halogens is 1. The van der Waals surface area contributed by atoms with Crippen LogP contribution in [-0.4, -0.2) is 6.04 Å². The average molecular weight is 196 g/mol. The molecule has 1 nitrogen and oxygen atoms in total. The largest absolute Gasteiger partial charge is 0.381 e. The Kier molecular flexibility index (Phi) is 1.81. The molecule has 0 saturated carbocycles. The second kappa shape index (κ2) is 2.65. The lowest BCUT2D eigenvalue weighted by molar-refractivity contribution is 0.486. The van der Waals surface area contributed by atoms with Gasteiger partial charge in [-0.05, 0) is 30.7 Å². The van der Waals surface area contributed by atoms with Crippen LogP contribution in [0.3, 0.4) is 0 Å². The van der Waals surface area contributed by atoms with Crippen LogP contribution in [0.4, 0.5) is 5.69 Å². The molecule has 1 aromatic rings. The minimum atomic E-state index is 0.181. The molecule has 0 radical (unpaired) electrons. The zero-order chi connectivity index (χ0) is 9.64. The minimum absolute atomic E-state index is 0.181. The van der Waals surface area contributed by atoms with Crippen LogP contribution in [0.1, 0.15) is 26.3 Å². The highest BCUT2D eigenvalue weighted by molar-refractivity contribution is 6.30. The predicted molar refractivity (Wildman–Crippen MR) is 57.6 cm³/mol. The maximum atomic E-state index is 5.97. The molecular formula is C11H14ClN. The summed E-state index contributed by atoms with van der Waals surface area (Å²) < 4.78 is 0. The lowest BCUT2D eigenvalue weighted by atomic mass is 9.81. The Bertz CT molecular complexity index is 344. The molecule has 0 aromatic heterocycles. The molecule has 0 bridgehead atoms. The third-order valence-corrected chi connectivity index (χ3v) is 3.37. The fourth-order valence-corrected chi connectivity index (χ4v) is 1.99. The van der Waals surface area contributed by atoms with E-state index in [2.05, 4.69) is 38.2 Å². The molecule has 1 atom stereocenters. The Morgan fingerprint density at radius 3 is 2.77 bits per heavy atom. The van der Waals surface area contributed by atoms with Crippen molar-refractivity contribution in [2.24, 2.45) is 0 Å². The van der Waals surface area contributed by atoms with Crippen molar-refractivity contribution in [2.75, 3.05) is 5.32 Å². The summed E-state index contributed by atoms with van der Waals surface area (Å²) in [5, 5.41) is 4.28. The number of fused-ring (bicyclic) bond motifs is 1. The number of rotatable bonds is 0. The summed E-state index contributed by atoms with van der Waals surface area (Å²) in [4.78, 5) is 0. The fraction of sp³-hybridized carbons (Fsp3) is 0.455.